The van der Waals surface area contributed by atoms with Crippen LogP contribution in [0, 0.1) is 5.82 Å². The minimum atomic E-state index is -0.561. The first-order valence-electron chi connectivity index (χ1n) is 8.36. The van der Waals surface area contributed by atoms with Crippen molar-refractivity contribution in [2.75, 3.05) is 17.2 Å². The van der Waals surface area contributed by atoms with Gasteiger partial charge in [-0.15, -0.1) is 0 Å². The van der Waals surface area contributed by atoms with Gasteiger partial charge in [0.1, 0.15) is 11.6 Å². The number of anilines is 2. The third-order valence-electron chi connectivity index (χ3n) is 3.72. The zero-order valence-corrected chi connectivity index (χ0v) is 15.4. The van der Waals surface area contributed by atoms with Crippen molar-refractivity contribution < 1.29 is 18.7 Å². The Balaban J connectivity index is 1.69. The van der Waals surface area contributed by atoms with Gasteiger partial charge in [-0.05, 0) is 42.5 Å². The highest BCUT2D eigenvalue weighted by Gasteiger charge is 2.15. The molecule has 7 heteroatoms. The number of benzene rings is 3. The van der Waals surface area contributed by atoms with E-state index in [2.05, 4.69) is 10.6 Å². The molecule has 0 aromatic heterocycles. The van der Waals surface area contributed by atoms with E-state index < -0.39 is 24.2 Å². The van der Waals surface area contributed by atoms with E-state index in [1.165, 1.54) is 30.3 Å². The van der Waals surface area contributed by atoms with Crippen LogP contribution >= 0.6 is 11.6 Å². The summed E-state index contributed by atoms with van der Waals surface area (Å²) < 4.78 is 19.1. The number of nitrogens with one attached hydrogen (secondary N) is 2. The normalized spacial score (nSPS) is 10.2. The second-order valence-electron chi connectivity index (χ2n) is 5.78. The summed E-state index contributed by atoms with van der Waals surface area (Å²) in [5, 5.41) is 5.50. The van der Waals surface area contributed by atoms with Gasteiger partial charge in [0, 0.05) is 10.7 Å². The van der Waals surface area contributed by atoms with Crippen molar-refractivity contribution in [3.63, 3.8) is 0 Å². The highest BCUT2D eigenvalue weighted by Crippen LogP contribution is 2.24. The quantitative estimate of drug-likeness (QED) is 0.629. The Kier molecular flexibility index (Phi) is 6.24. The van der Waals surface area contributed by atoms with E-state index in [-0.39, 0.29) is 17.0 Å². The summed E-state index contributed by atoms with van der Waals surface area (Å²) in [6, 6.07) is 19.2. The molecule has 2 N–H and O–H groups in total. The van der Waals surface area contributed by atoms with Gasteiger partial charge in [-0.1, -0.05) is 41.9 Å². The maximum Gasteiger partial charge on any atom is 0.262 e. The van der Waals surface area contributed by atoms with Gasteiger partial charge in [-0.25, -0.2) is 4.39 Å². The smallest absolute Gasteiger partial charge is 0.262 e. The summed E-state index contributed by atoms with van der Waals surface area (Å²) in [7, 11) is 0. The van der Waals surface area contributed by atoms with Crippen LogP contribution in [0.4, 0.5) is 15.8 Å². The lowest BCUT2D eigenvalue weighted by Crippen LogP contribution is -2.22. The molecule has 3 rings (SSSR count). The van der Waals surface area contributed by atoms with E-state index in [0.29, 0.717) is 10.7 Å². The molecule has 0 bridgehead atoms. The number of hydrogen-bond acceptors (Lipinski definition) is 3. The molecular weight excluding hydrogens is 383 g/mol. The molecule has 0 aliphatic rings. The van der Waals surface area contributed by atoms with Crippen LogP contribution in [0.3, 0.4) is 0 Å². The van der Waals surface area contributed by atoms with E-state index in [1.807, 2.05) is 6.07 Å². The molecule has 0 spiro atoms. The van der Waals surface area contributed by atoms with Crippen LogP contribution in [0.25, 0.3) is 0 Å². The van der Waals surface area contributed by atoms with Gasteiger partial charge < -0.3 is 15.4 Å². The maximum absolute atomic E-state index is 13.6. The fraction of sp³-hybridized carbons (Fsp3) is 0.0476. The molecule has 0 heterocycles. The number of halogens is 2. The molecule has 5 nitrogen and oxygen atoms in total. The molecule has 0 radical (unpaired) electrons. The topological polar surface area (TPSA) is 67.4 Å². The molecule has 0 atom stereocenters. The Morgan fingerprint density at radius 1 is 0.929 bits per heavy atom. The number of carbonyl (C=O) groups excluding carboxylic acids is 2. The molecule has 3 aromatic rings. The summed E-state index contributed by atoms with van der Waals surface area (Å²) in [6.45, 7) is -0.401. The van der Waals surface area contributed by atoms with Crippen LogP contribution in [0.5, 0.6) is 5.75 Å². The van der Waals surface area contributed by atoms with Gasteiger partial charge in [0.15, 0.2) is 6.61 Å². The first-order chi connectivity index (χ1) is 13.5. The van der Waals surface area contributed by atoms with Crippen LogP contribution in [0.1, 0.15) is 10.4 Å². The average Bonchev–Trinajstić information content (AvgIpc) is 2.69. The SMILES string of the molecule is O=C(COc1ccc(Cl)cc1C(=O)Nc1ccccc1)Nc1ccccc1F. The summed E-state index contributed by atoms with van der Waals surface area (Å²) in [5.74, 6) is -1.36. The van der Waals surface area contributed by atoms with Gasteiger partial charge in [0.25, 0.3) is 11.8 Å². The van der Waals surface area contributed by atoms with E-state index in [9.17, 15) is 14.0 Å². The number of hydrogen-bond donors (Lipinski definition) is 2. The average molecular weight is 399 g/mol. The molecule has 142 valence electrons. The molecule has 28 heavy (non-hydrogen) atoms. The van der Waals surface area contributed by atoms with Gasteiger partial charge in [0.2, 0.25) is 0 Å². The second kappa shape index (κ2) is 9.01. The Morgan fingerprint density at radius 3 is 2.39 bits per heavy atom. The third-order valence-corrected chi connectivity index (χ3v) is 3.96. The summed E-state index contributed by atoms with van der Waals surface area (Å²) in [5.41, 5.74) is 0.833. The minimum Gasteiger partial charge on any atom is -0.483 e. The van der Waals surface area contributed by atoms with Crippen LogP contribution in [-0.4, -0.2) is 18.4 Å². The van der Waals surface area contributed by atoms with Gasteiger partial charge in [-0.3, -0.25) is 9.59 Å². The van der Waals surface area contributed by atoms with E-state index in [4.69, 9.17) is 16.3 Å². The Morgan fingerprint density at radius 2 is 1.64 bits per heavy atom. The predicted octanol–water partition coefficient (Wildman–Crippen LogP) is 4.75. The van der Waals surface area contributed by atoms with Crippen molar-refractivity contribution >= 4 is 34.8 Å². The fourth-order valence-electron chi connectivity index (χ4n) is 2.42. The van der Waals surface area contributed by atoms with Crippen molar-refractivity contribution in [1.82, 2.24) is 0 Å². The highest BCUT2D eigenvalue weighted by molar-refractivity contribution is 6.31. The second-order valence-corrected chi connectivity index (χ2v) is 6.21. The van der Waals surface area contributed by atoms with E-state index >= 15 is 0 Å². The van der Waals surface area contributed by atoms with Gasteiger partial charge in [0.05, 0.1) is 11.3 Å². The first-order valence-corrected chi connectivity index (χ1v) is 8.74. The summed E-state index contributed by atoms with van der Waals surface area (Å²) >= 11 is 5.99. The van der Waals surface area contributed by atoms with Crippen LogP contribution in [-0.2, 0) is 4.79 Å². The lowest BCUT2D eigenvalue weighted by molar-refractivity contribution is -0.118. The van der Waals surface area contributed by atoms with Crippen molar-refractivity contribution in [2.24, 2.45) is 0 Å². The van der Waals surface area contributed by atoms with Crippen LogP contribution in [0.2, 0.25) is 5.02 Å². The molecule has 3 aromatic carbocycles. The molecule has 0 unspecified atom stereocenters. The van der Waals surface area contributed by atoms with Crippen molar-refractivity contribution in [3.05, 3.63) is 89.2 Å². The predicted molar refractivity (Wildman–Crippen MR) is 106 cm³/mol. The largest absolute Gasteiger partial charge is 0.483 e. The highest BCUT2D eigenvalue weighted by atomic mass is 35.5. The molecule has 0 aliphatic carbocycles. The van der Waals surface area contributed by atoms with Crippen LogP contribution < -0.4 is 15.4 Å². The number of amides is 2. The monoisotopic (exact) mass is 398 g/mol. The summed E-state index contributed by atoms with van der Waals surface area (Å²) in [4.78, 5) is 24.6. The zero-order chi connectivity index (χ0) is 19.9. The standard InChI is InChI=1S/C21H16ClFN2O3/c22-14-10-11-19(16(12-14)21(27)24-15-6-2-1-3-7-15)28-13-20(26)25-18-9-5-4-8-17(18)23/h1-12H,13H2,(H,24,27)(H,25,26). The van der Waals surface area contributed by atoms with Crippen molar-refractivity contribution in [3.8, 4) is 5.75 Å². The fourth-order valence-corrected chi connectivity index (χ4v) is 2.59. The van der Waals surface area contributed by atoms with Crippen LogP contribution in [0.15, 0.2) is 72.8 Å². The number of rotatable bonds is 6. The molecule has 0 saturated carbocycles. The van der Waals surface area contributed by atoms with Gasteiger partial charge >= 0.3 is 0 Å². The lowest BCUT2D eigenvalue weighted by Gasteiger charge is -2.12. The molecule has 2 amide bonds. The third kappa shape index (κ3) is 5.08. The maximum atomic E-state index is 13.6. The summed E-state index contributed by atoms with van der Waals surface area (Å²) in [6.07, 6.45) is 0. The Labute approximate surface area is 166 Å². The Hall–Kier alpha value is -3.38. The number of carbonyl (C=O) groups is 2. The number of para-hydroxylation sites is 2. The van der Waals surface area contributed by atoms with Crippen molar-refractivity contribution in [1.29, 1.82) is 0 Å². The molecule has 0 aliphatic heterocycles. The molecule has 0 fully saturated rings. The minimum absolute atomic E-state index is 0.0502. The zero-order valence-electron chi connectivity index (χ0n) is 14.6. The van der Waals surface area contributed by atoms with E-state index in [0.717, 1.165) is 0 Å². The first kappa shape index (κ1) is 19.4. The Bertz CT molecular complexity index is 996. The van der Waals surface area contributed by atoms with E-state index in [1.54, 1.807) is 36.4 Å². The molecular formula is C21H16ClFN2O3. The number of ether oxygens (including phenoxy) is 1. The lowest BCUT2D eigenvalue weighted by atomic mass is 10.2. The van der Waals surface area contributed by atoms with Crippen molar-refractivity contribution in [2.45, 2.75) is 0 Å². The van der Waals surface area contributed by atoms with Gasteiger partial charge in [-0.2, -0.15) is 0 Å². The molecule has 0 saturated heterocycles.